The van der Waals surface area contributed by atoms with Gasteiger partial charge in [-0.25, -0.2) is 4.98 Å². The molecule has 0 radical (unpaired) electrons. The molecule has 1 unspecified atom stereocenters. The highest BCUT2D eigenvalue weighted by Crippen LogP contribution is 2.38. The monoisotopic (exact) mass is 431 g/mol. The first-order valence-corrected chi connectivity index (χ1v) is 12.7. The predicted octanol–water partition coefficient (Wildman–Crippen LogP) is 5.54. The number of rotatable bonds is 8. The number of benzene rings is 1. The van der Waals surface area contributed by atoms with Crippen LogP contribution in [0.3, 0.4) is 0 Å². The zero-order valence-corrected chi connectivity index (χ0v) is 19.4. The van der Waals surface area contributed by atoms with Gasteiger partial charge in [0, 0.05) is 18.3 Å². The molecule has 2 N–H and O–H groups in total. The number of aromatic amines is 1. The lowest BCUT2D eigenvalue weighted by molar-refractivity contribution is 0.0730. The standard InChI is InChI=1S/C27H37N5/c1-2-3-17-28-21-13-15-22(16-14-21)32(19-26-30-23-10-4-5-11-24(23)31-26)25-12-6-8-20-9-7-18-29-27(20)25/h4-5,7,9-11,18,21-22,25,28H,2-3,6,8,12-17,19H2,1H3,(H,30,31). The van der Waals surface area contributed by atoms with Crippen LogP contribution in [-0.2, 0) is 13.0 Å². The Morgan fingerprint density at radius 1 is 1.06 bits per heavy atom. The average molecular weight is 432 g/mol. The minimum absolute atomic E-state index is 0.391. The van der Waals surface area contributed by atoms with Crippen molar-refractivity contribution in [1.29, 1.82) is 0 Å². The van der Waals surface area contributed by atoms with Crippen molar-refractivity contribution < 1.29 is 0 Å². The molecule has 32 heavy (non-hydrogen) atoms. The minimum Gasteiger partial charge on any atom is -0.341 e. The first-order valence-electron chi connectivity index (χ1n) is 12.7. The first kappa shape index (κ1) is 21.6. The van der Waals surface area contributed by atoms with Crippen molar-refractivity contribution >= 4 is 11.0 Å². The van der Waals surface area contributed by atoms with E-state index < -0.39 is 0 Å². The van der Waals surface area contributed by atoms with Crippen molar-refractivity contribution in [3.63, 3.8) is 0 Å². The highest BCUT2D eigenvalue weighted by molar-refractivity contribution is 5.74. The molecule has 0 bridgehead atoms. The quantitative estimate of drug-likeness (QED) is 0.460. The molecule has 2 heterocycles. The Bertz CT molecular complexity index is 971. The third-order valence-corrected chi connectivity index (χ3v) is 7.47. The van der Waals surface area contributed by atoms with Crippen LogP contribution in [0.1, 0.15) is 81.4 Å². The Labute approximate surface area is 192 Å². The van der Waals surface area contributed by atoms with Crippen LogP contribution in [0.25, 0.3) is 11.0 Å². The number of aryl methyl sites for hydroxylation is 1. The van der Waals surface area contributed by atoms with Gasteiger partial charge in [-0.1, -0.05) is 31.5 Å². The van der Waals surface area contributed by atoms with E-state index in [4.69, 9.17) is 9.97 Å². The summed E-state index contributed by atoms with van der Waals surface area (Å²) in [4.78, 5) is 16.1. The molecule has 0 saturated heterocycles. The van der Waals surface area contributed by atoms with Crippen LogP contribution >= 0.6 is 0 Å². The second-order valence-electron chi connectivity index (χ2n) is 9.64. The molecule has 1 aromatic carbocycles. The lowest BCUT2D eigenvalue weighted by Crippen LogP contribution is -2.45. The summed E-state index contributed by atoms with van der Waals surface area (Å²) < 4.78 is 0. The molecular formula is C27H37N5. The second-order valence-corrected chi connectivity index (χ2v) is 9.64. The third-order valence-electron chi connectivity index (χ3n) is 7.47. The van der Waals surface area contributed by atoms with Gasteiger partial charge in [0.05, 0.1) is 29.3 Å². The van der Waals surface area contributed by atoms with E-state index in [0.717, 1.165) is 36.4 Å². The fourth-order valence-electron chi connectivity index (χ4n) is 5.75. The lowest BCUT2D eigenvalue weighted by Gasteiger charge is -2.42. The van der Waals surface area contributed by atoms with E-state index in [0.29, 0.717) is 18.1 Å². The number of nitrogens with zero attached hydrogens (tertiary/aromatic N) is 3. The number of H-pyrrole nitrogens is 1. The summed E-state index contributed by atoms with van der Waals surface area (Å²) in [7, 11) is 0. The summed E-state index contributed by atoms with van der Waals surface area (Å²) in [6.45, 7) is 4.30. The summed E-state index contributed by atoms with van der Waals surface area (Å²) in [5, 5.41) is 3.80. The van der Waals surface area contributed by atoms with Gasteiger partial charge in [-0.3, -0.25) is 9.88 Å². The highest BCUT2D eigenvalue weighted by atomic mass is 15.2. The van der Waals surface area contributed by atoms with Crippen LogP contribution < -0.4 is 5.32 Å². The Balaban J connectivity index is 1.37. The third kappa shape index (κ3) is 4.74. The number of para-hydroxylation sites is 2. The molecule has 1 saturated carbocycles. The van der Waals surface area contributed by atoms with Gasteiger partial charge in [0.2, 0.25) is 0 Å². The van der Waals surface area contributed by atoms with Gasteiger partial charge >= 0.3 is 0 Å². The van der Waals surface area contributed by atoms with Crippen LogP contribution in [0.5, 0.6) is 0 Å². The van der Waals surface area contributed by atoms with Gasteiger partial charge in [-0.05, 0) is 81.7 Å². The Hall–Kier alpha value is -2.24. The zero-order chi connectivity index (χ0) is 21.8. The van der Waals surface area contributed by atoms with E-state index in [1.165, 1.54) is 62.6 Å². The van der Waals surface area contributed by atoms with Crippen molar-refractivity contribution in [3.05, 3.63) is 59.7 Å². The SMILES string of the molecule is CCCCNC1CCC(N(Cc2nc3ccccc3[nH]2)C2CCCc3cccnc32)CC1. The number of pyridine rings is 1. The van der Waals surface area contributed by atoms with Crippen LogP contribution in [0, 0.1) is 0 Å². The molecule has 0 spiro atoms. The Kier molecular flexibility index (Phi) is 6.84. The van der Waals surface area contributed by atoms with Crippen molar-refractivity contribution in [2.75, 3.05) is 6.54 Å². The summed E-state index contributed by atoms with van der Waals surface area (Å²) >= 11 is 0. The molecule has 3 aromatic rings. The van der Waals surface area contributed by atoms with Gasteiger partial charge in [0.15, 0.2) is 0 Å². The van der Waals surface area contributed by atoms with E-state index in [9.17, 15) is 0 Å². The Morgan fingerprint density at radius 2 is 1.94 bits per heavy atom. The summed E-state index contributed by atoms with van der Waals surface area (Å²) in [5.41, 5.74) is 4.94. The van der Waals surface area contributed by atoms with E-state index in [1.807, 2.05) is 6.20 Å². The van der Waals surface area contributed by atoms with E-state index in [1.54, 1.807) is 0 Å². The zero-order valence-electron chi connectivity index (χ0n) is 19.4. The topological polar surface area (TPSA) is 56.8 Å². The van der Waals surface area contributed by atoms with Gasteiger partial charge in [0.1, 0.15) is 5.82 Å². The molecule has 0 aliphatic heterocycles. The van der Waals surface area contributed by atoms with Gasteiger partial charge < -0.3 is 10.3 Å². The minimum atomic E-state index is 0.391. The second kappa shape index (κ2) is 10.1. The molecule has 2 aliphatic carbocycles. The largest absolute Gasteiger partial charge is 0.341 e. The normalized spacial score (nSPS) is 23.5. The van der Waals surface area contributed by atoms with Gasteiger partial charge in [0.25, 0.3) is 0 Å². The van der Waals surface area contributed by atoms with Gasteiger partial charge in [-0.2, -0.15) is 0 Å². The van der Waals surface area contributed by atoms with Crippen molar-refractivity contribution in [3.8, 4) is 0 Å². The van der Waals surface area contributed by atoms with Crippen LogP contribution in [0.4, 0.5) is 0 Å². The fraction of sp³-hybridized carbons (Fsp3) is 0.556. The molecule has 2 aliphatic rings. The lowest BCUT2D eigenvalue weighted by atomic mass is 9.85. The fourth-order valence-corrected chi connectivity index (χ4v) is 5.75. The maximum atomic E-state index is 4.93. The molecule has 5 nitrogen and oxygen atoms in total. The number of hydrogen-bond donors (Lipinski definition) is 2. The number of unbranched alkanes of at least 4 members (excludes halogenated alkanes) is 1. The molecule has 5 heteroatoms. The van der Waals surface area contributed by atoms with E-state index in [2.05, 4.69) is 58.5 Å². The van der Waals surface area contributed by atoms with Gasteiger partial charge in [-0.15, -0.1) is 0 Å². The maximum Gasteiger partial charge on any atom is 0.121 e. The predicted molar refractivity (Wildman–Crippen MR) is 131 cm³/mol. The van der Waals surface area contributed by atoms with E-state index >= 15 is 0 Å². The number of imidazole rings is 1. The van der Waals surface area contributed by atoms with Crippen molar-refractivity contribution in [2.24, 2.45) is 0 Å². The summed E-state index contributed by atoms with van der Waals surface area (Å²) in [6.07, 6.45) is 13.2. The number of aromatic nitrogens is 3. The summed E-state index contributed by atoms with van der Waals surface area (Å²) in [6, 6.07) is 14.4. The average Bonchev–Trinajstić information content (AvgIpc) is 3.26. The Morgan fingerprint density at radius 3 is 2.78 bits per heavy atom. The summed E-state index contributed by atoms with van der Waals surface area (Å²) in [5.74, 6) is 1.08. The van der Waals surface area contributed by atoms with Crippen molar-refractivity contribution in [1.82, 2.24) is 25.2 Å². The van der Waals surface area contributed by atoms with Crippen LogP contribution in [0.15, 0.2) is 42.6 Å². The number of nitrogens with one attached hydrogen (secondary N) is 2. The number of fused-ring (bicyclic) bond motifs is 2. The molecule has 1 atom stereocenters. The highest BCUT2D eigenvalue weighted by Gasteiger charge is 2.34. The molecular weight excluding hydrogens is 394 g/mol. The van der Waals surface area contributed by atoms with Crippen molar-refractivity contribution in [2.45, 2.75) is 89.4 Å². The molecule has 0 amide bonds. The number of hydrogen-bond acceptors (Lipinski definition) is 4. The smallest absolute Gasteiger partial charge is 0.121 e. The van der Waals surface area contributed by atoms with Crippen LogP contribution in [0.2, 0.25) is 0 Å². The van der Waals surface area contributed by atoms with E-state index in [-0.39, 0.29) is 0 Å². The van der Waals surface area contributed by atoms with Crippen LogP contribution in [-0.4, -0.2) is 38.5 Å². The molecule has 5 rings (SSSR count). The first-order chi connectivity index (χ1) is 15.8. The molecule has 2 aromatic heterocycles. The molecule has 1 fully saturated rings. The maximum absolute atomic E-state index is 4.93. The molecule has 170 valence electrons.